The largest absolute Gasteiger partial charge is 0.390 e. The molecule has 1 N–H and O–H groups in total. The van der Waals surface area contributed by atoms with Gasteiger partial charge in [-0.05, 0) is 31.6 Å². The van der Waals surface area contributed by atoms with Gasteiger partial charge in [0, 0.05) is 6.61 Å². The SMILES string of the molecule is CC(C)CCCOC1CCCCC1O. The van der Waals surface area contributed by atoms with Gasteiger partial charge in [-0.3, -0.25) is 0 Å². The molecule has 0 bridgehead atoms. The predicted octanol–water partition coefficient (Wildman–Crippen LogP) is 2.74. The summed E-state index contributed by atoms with van der Waals surface area (Å²) in [6.45, 7) is 5.28. The molecule has 2 atom stereocenters. The number of aliphatic hydroxyl groups excluding tert-OH is 1. The number of ether oxygens (including phenoxy) is 1. The summed E-state index contributed by atoms with van der Waals surface area (Å²) < 4.78 is 5.70. The third kappa shape index (κ3) is 4.43. The Balaban J connectivity index is 2.04. The summed E-state index contributed by atoms with van der Waals surface area (Å²) in [5.74, 6) is 0.759. The van der Waals surface area contributed by atoms with Crippen LogP contribution in [-0.2, 0) is 4.74 Å². The van der Waals surface area contributed by atoms with E-state index < -0.39 is 0 Å². The van der Waals surface area contributed by atoms with E-state index in [0.29, 0.717) is 0 Å². The first-order chi connectivity index (χ1) is 6.70. The van der Waals surface area contributed by atoms with Gasteiger partial charge >= 0.3 is 0 Å². The summed E-state index contributed by atoms with van der Waals surface area (Å²) in [4.78, 5) is 0. The Hall–Kier alpha value is -0.0800. The number of hydrogen-bond acceptors (Lipinski definition) is 2. The fraction of sp³-hybridized carbons (Fsp3) is 1.00. The maximum Gasteiger partial charge on any atom is 0.0833 e. The molecule has 0 aliphatic heterocycles. The highest BCUT2D eigenvalue weighted by Gasteiger charge is 2.23. The van der Waals surface area contributed by atoms with Crippen LogP contribution in [0, 0.1) is 5.92 Å². The fourth-order valence-electron chi connectivity index (χ4n) is 2.00. The molecule has 0 spiro atoms. The highest BCUT2D eigenvalue weighted by atomic mass is 16.5. The minimum atomic E-state index is -0.206. The van der Waals surface area contributed by atoms with Gasteiger partial charge in [0.25, 0.3) is 0 Å². The Morgan fingerprint density at radius 3 is 2.64 bits per heavy atom. The van der Waals surface area contributed by atoms with Gasteiger partial charge in [0.2, 0.25) is 0 Å². The van der Waals surface area contributed by atoms with E-state index in [4.69, 9.17) is 4.74 Å². The first kappa shape index (κ1) is 12.0. The highest BCUT2D eigenvalue weighted by Crippen LogP contribution is 2.21. The average molecular weight is 200 g/mol. The van der Waals surface area contributed by atoms with Crippen molar-refractivity contribution < 1.29 is 9.84 Å². The van der Waals surface area contributed by atoms with Crippen molar-refractivity contribution in [2.45, 2.75) is 64.6 Å². The molecule has 0 aromatic heterocycles. The van der Waals surface area contributed by atoms with Crippen molar-refractivity contribution in [2.24, 2.45) is 5.92 Å². The monoisotopic (exact) mass is 200 g/mol. The van der Waals surface area contributed by atoms with Crippen LogP contribution in [0.3, 0.4) is 0 Å². The minimum Gasteiger partial charge on any atom is -0.390 e. The molecule has 0 saturated heterocycles. The van der Waals surface area contributed by atoms with Crippen LogP contribution in [-0.4, -0.2) is 23.9 Å². The van der Waals surface area contributed by atoms with Crippen molar-refractivity contribution in [1.29, 1.82) is 0 Å². The highest BCUT2D eigenvalue weighted by molar-refractivity contribution is 4.74. The molecule has 0 amide bonds. The lowest BCUT2D eigenvalue weighted by molar-refractivity contribution is -0.0598. The first-order valence-electron chi connectivity index (χ1n) is 6.00. The van der Waals surface area contributed by atoms with Crippen LogP contribution >= 0.6 is 0 Å². The van der Waals surface area contributed by atoms with Crippen molar-refractivity contribution in [3.05, 3.63) is 0 Å². The zero-order valence-corrected chi connectivity index (χ0v) is 9.54. The van der Waals surface area contributed by atoms with Gasteiger partial charge in [-0.1, -0.05) is 26.7 Å². The van der Waals surface area contributed by atoms with Crippen LogP contribution in [0.4, 0.5) is 0 Å². The van der Waals surface area contributed by atoms with Crippen LogP contribution in [0.5, 0.6) is 0 Å². The second-order valence-electron chi connectivity index (χ2n) is 4.80. The van der Waals surface area contributed by atoms with Gasteiger partial charge in [-0.25, -0.2) is 0 Å². The van der Waals surface area contributed by atoms with Crippen molar-refractivity contribution >= 4 is 0 Å². The van der Waals surface area contributed by atoms with E-state index in [9.17, 15) is 5.11 Å². The molecule has 0 radical (unpaired) electrons. The third-order valence-corrected chi connectivity index (χ3v) is 2.93. The Kier molecular flexibility index (Phi) is 5.49. The predicted molar refractivity (Wildman–Crippen MR) is 58.3 cm³/mol. The Morgan fingerprint density at radius 1 is 1.29 bits per heavy atom. The Labute approximate surface area is 87.7 Å². The third-order valence-electron chi connectivity index (χ3n) is 2.93. The summed E-state index contributed by atoms with van der Waals surface area (Å²) >= 11 is 0. The van der Waals surface area contributed by atoms with E-state index in [1.807, 2.05) is 0 Å². The molecule has 0 aromatic rings. The number of rotatable bonds is 5. The molecule has 1 aliphatic carbocycles. The molecular formula is C12H24O2. The quantitative estimate of drug-likeness (QED) is 0.691. The molecular weight excluding hydrogens is 176 g/mol. The number of aliphatic hydroxyl groups is 1. The Morgan fingerprint density at radius 2 is 2.00 bits per heavy atom. The molecule has 0 aromatic carbocycles. The van der Waals surface area contributed by atoms with Gasteiger partial charge in [-0.15, -0.1) is 0 Å². The van der Waals surface area contributed by atoms with Crippen LogP contribution in [0.15, 0.2) is 0 Å². The lowest BCUT2D eigenvalue weighted by Crippen LogP contribution is -2.32. The van der Waals surface area contributed by atoms with E-state index in [-0.39, 0.29) is 12.2 Å². The molecule has 1 saturated carbocycles. The first-order valence-corrected chi connectivity index (χ1v) is 6.00. The summed E-state index contributed by atoms with van der Waals surface area (Å²) in [6, 6.07) is 0. The summed E-state index contributed by atoms with van der Waals surface area (Å²) in [5.41, 5.74) is 0. The van der Waals surface area contributed by atoms with E-state index in [2.05, 4.69) is 13.8 Å². The van der Waals surface area contributed by atoms with E-state index in [0.717, 1.165) is 38.2 Å². The van der Waals surface area contributed by atoms with E-state index in [1.54, 1.807) is 0 Å². The van der Waals surface area contributed by atoms with Crippen molar-refractivity contribution in [3.63, 3.8) is 0 Å². The molecule has 1 fully saturated rings. The zero-order valence-electron chi connectivity index (χ0n) is 9.54. The van der Waals surface area contributed by atoms with Crippen LogP contribution in [0.25, 0.3) is 0 Å². The normalized spacial score (nSPS) is 28.3. The fourth-order valence-corrected chi connectivity index (χ4v) is 2.00. The average Bonchev–Trinajstić information content (AvgIpc) is 2.15. The molecule has 2 heteroatoms. The lowest BCUT2D eigenvalue weighted by Gasteiger charge is -2.27. The van der Waals surface area contributed by atoms with Crippen LogP contribution in [0.2, 0.25) is 0 Å². The van der Waals surface area contributed by atoms with Gasteiger partial charge in [-0.2, -0.15) is 0 Å². The molecule has 0 heterocycles. The molecule has 14 heavy (non-hydrogen) atoms. The standard InChI is InChI=1S/C12H24O2/c1-10(2)6-5-9-14-12-8-4-3-7-11(12)13/h10-13H,3-9H2,1-2H3. The van der Waals surface area contributed by atoms with Crippen molar-refractivity contribution in [1.82, 2.24) is 0 Å². The second-order valence-corrected chi connectivity index (χ2v) is 4.80. The smallest absolute Gasteiger partial charge is 0.0833 e. The van der Waals surface area contributed by atoms with E-state index in [1.165, 1.54) is 12.8 Å². The minimum absolute atomic E-state index is 0.121. The maximum atomic E-state index is 9.65. The van der Waals surface area contributed by atoms with Gasteiger partial charge in [0.1, 0.15) is 0 Å². The number of hydrogen-bond donors (Lipinski definition) is 1. The zero-order chi connectivity index (χ0) is 10.4. The second kappa shape index (κ2) is 6.41. The van der Waals surface area contributed by atoms with Crippen molar-refractivity contribution in [2.75, 3.05) is 6.61 Å². The summed E-state index contributed by atoms with van der Waals surface area (Å²) in [6.07, 6.45) is 6.61. The van der Waals surface area contributed by atoms with Gasteiger partial charge in [0.15, 0.2) is 0 Å². The molecule has 1 rings (SSSR count). The molecule has 2 unspecified atom stereocenters. The van der Waals surface area contributed by atoms with Crippen LogP contribution in [0.1, 0.15) is 52.4 Å². The van der Waals surface area contributed by atoms with E-state index >= 15 is 0 Å². The maximum absolute atomic E-state index is 9.65. The topological polar surface area (TPSA) is 29.5 Å². The molecule has 2 nitrogen and oxygen atoms in total. The van der Waals surface area contributed by atoms with Crippen molar-refractivity contribution in [3.8, 4) is 0 Å². The van der Waals surface area contributed by atoms with Gasteiger partial charge < -0.3 is 9.84 Å². The van der Waals surface area contributed by atoms with Gasteiger partial charge in [0.05, 0.1) is 12.2 Å². The molecule has 84 valence electrons. The molecule has 1 aliphatic rings. The Bertz CT molecular complexity index is 145. The summed E-state index contributed by atoms with van der Waals surface area (Å²) in [7, 11) is 0. The lowest BCUT2D eigenvalue weighted by atomic mass is 9.95. The summed E-state index contributed by atoms with van der Waals surface area (Å²) in [5, 5.41) is 9.65. The van der Waals surface area contributed by atoms with Crippen LogP contribution < -0.4 is 0 Å².